The fourth-order valence-corrected chi connectivity index (χ4v) is 3.99. The van der Waals surface area contributed by atoms with Crippen LogP contribution in [0.25, 0.3) is 0 Å². The number of rotatable bonds is 2. The lowest BCUT2D eigenvalue weighted by atomic mass is 10.2. The van der Waals surface area contributed by atoms with E-state index in [0.29, 0.717) is 0 Å². The Morgan fingerprint density at radius 2 is 1.79 bits per heavy atom. The highest BCUT2D eigenvalue weighted by molar-refractivity contribution is 6.61. The molecule has 0 spiro atoms. The van der Waals surface area contributed by atoms with E-state index in [4.69, 9.17) is 0 Å². The van der Waals surface area contributed by atoms with Gasteiger partial charge in [0.1, 0.15) is 0 Å². The SMILES string of the molecule is Cc1cc(C)cc([SiH2]C2=CC=CC2)c1. The second-order valence-electron chi connectivity index (χ2n) is 4.13. The third-order valence-electron chi connectivity index (χ3n) is 2.56. The monoisotopic (exact) mass is 200 g/mol. The Morgan fingerprint density at radius 3 is 2.36 bits per heavy atom. The molecule has 1 heteroatoms. The van der Waals surface area contributed by atoms with Gasteiger partial charge in [-0.05, 0) is 20.3 Å². The van der Waals surface area contributed by atoms with Gasteiger partial charge in [-0.25, -0.2) is 0 Å². The van der Waals surface area contributed by atoms with Crippen LogP contribution >= 0.6 is 0 Å². The molecule has 0 aliphatic heterocycles. The molecule has 0 unspecified atom stereocenters. The molecule has 0 aromatic heterocycles. The predicted octanol–water partition coefficient (Wildman–Crippen LogP) is 1.94. The lowest BCUT2D eigenvalue weighted by Crippen LogP contribution is -2.16. The first kappa shape index (κ1) is 9.47. The number of hydrogen-bond donors (Lipinski definition) is 0. The molecule has 14 heavy (non-hydrogen) atoms. The van der Waals surface area contributed by atoms with E-state index in [9.17, 15) is 0 Å². The first-order valence-electron chi connectivity index (χ1n) is 5.16. The van der Waals surface area contributed by atoms with Crippen LogP contribution < -0.4 is 5.19 Å². The molecule has 0 bridgehead atoms. The highest BCUT2D eigenvalue weighted by Crippen LogP contribution is 2.09. The lowest BCUT2D eigenvalue weighted by molar-refractivity contribution is 1.38. The molecule has 0 N–H and O–H groups in total. The summed E-state index contributed by atoms with van der Waals surface area (Å²) < 4.78 is 0. The molecule has 1 aliphatic carbocycles. The Kier molecular flexibility index (Phi) is 2.68. The minimum atomic E-state index is -0.179. The van der Waals surface area contributed by atoms with Gasteiger partial charge in [0.25, 0.3) is 0 Å². The van der Waals surface area contributed by atoms with E-state index in [2.05, 4.69) is 50.3 Å². The topological polar surface area (TPSA) is 0 Å². The average Bonchev–Trinajstić information content (AvgIpc) is 2.54. The minimum absolute atomic E-state index is 0.179. The Labute approximate surface area is 88.2 Å². The van der Waals surface area contributed by atoms with Crippen molar-refractivity contribution in [3.05, 3.63) is 52.8 Å². The van der Waals surface area contributed by atoms with Gasteiger partial charge in [0.2, 0.25) is 0 Å². The normalized spacial score (nSPS) is 15.4. The first-order valence-corrected chi connectivity index (χ1v) is 6.57. The zero-order valence-corrected chi connectivity index (χ0v) is 10.3. The third-order valence-corrected chi connectivity index (χ3v) is 4.36. The van der Waals surface area contributed by atoms with Crippen LogP contribution in [0.2, 0.25) is 0 Å². The van der Waals surface area contributed by atoms with Gasteiger partial charge in [0.05, 0.1) is 9.52 Å². The van der Waals surface area contributed by atoms with Gasteiger partial charge in [-0.1, -0.05) is 57.9 Å². The Morgan fingerprint density at radius 1 is 1.07 bits per heavy atom. The van der Waals surface area contributed by atoms with E-state index in [1.807, 2.05) is 0 Å². The predicted molar refractivity (Wildman–Crippen MR) is 65.9 cm³/mol. The number of allylic oxidation sites excluding steroid dienone is 4. The molecule has 1 aromatic carbocycles. The highest BCUT2D eigenvalue weighted by Gasteiger charge is 2.03. The fraction of sp³-hybridized carbons (Fsp3) is 0.231. The molecule has 0 amide bonds. The summed E-state index contributed by atoms with van der Waals surface area (Å²) in [4.78, 5) is 0. The summed E-state index contributed by atoms with van der Waals surface area (Å²) in [5, 5.41) is 3.24. The Hall–Kier alpha value is -1.08. The number of hydrogen-bond acceptors (Lipinski definition) is 0. The molecule has 0 fully saturated rings. The third kappa shape index (κ3) is 2.24. The summed E-state index contributed by atoms with van der Waals surface area (Å²) in [7, 11) is -0.179. The molecule has 0 nitrogen and oxygen atoms in total. The van der Waals surface area contributed by atoms with Gasteiger partial charge in [0.15, 0.2) is 0 Å². The summed E-state index contributed by atoms with van der Waals surface area (Å²) >= 11 is 0. The van der Waals surface area contributed by atoms with Crippen molar-refractivity contribution < 1.29 is 0 Å². The lowest BCUT2D eigenvalue weighted by Gasteiger charge is -2.04. The van der Waals surface area contributed by atoms with Crippen LogP contribution in [0.5, 0.6) is 0 Å². The van der Waals surface area contributed by atoms with Gasteiger partial charge in [-0.15, -0.1) is 0 Å². The zero-order chi connectivity index (χ0) is 9.97. The summed E-state index contributed by atoms with van der Waals surface area (Å²) in [6.45, 7) is 4.37. The van der Waals surface area contributed by atoms with Crippen molar-refractivity contribution in [3.63, 3.8) is 0 Å². The van der Waals surface area contributed by atoms with Gasteiger partial charge < -0.3 is 0 Å². The molecule has 0 atom stereocenters. The second-order valence-corrected chi connectivity index (χ2v) is 6.21. The van der Waals surface area contributed by atoms with E-state index >= 15 is 0 Å². The van der Waals surface area contributed by atoms with Crippen molar-refractivity contribution in [1.82, 2.24) is 0 Å². The van der Waals surface area contributed by atoms with Crippen molar-refractivity contribution in [2.75, 3.05) is 0 Å². The average molecular weight is 200 g/mol. The Bertz CT molecular complexity index is 379. The maximum atomic E-state index is 2.35. The van der Waals surface area contributed by atoms with Gasteiger partial charge in [0, 0.05) is 0 Å². The van der Waals surface area contributed by atoms with E-state index in [0.717, 1.165) is 0 Å². The van der Waals surface area contributed by atoms with Gasteiger partial charge in [-0.3, -0.25) is 0 Å². The summed E-state index contributed by atoms with van der Waals surface area (Å²) in [5.41, 5.74) is 2.80. The van der Waals surface area contributed by atoms with E-state index in [1.54, 1.807) is 10.4 Å². The maximum absolute atomic E-state index is 2.35. The molecule has 0 heterocycles. The first-order chi connectivity index (χ1) is 6.74. The van der Waals surface area contributed by atoms with Gasteiger partial charge >= 0.3 is 0 Å². The molecule has 1 aliphatic rings. The molecular weight excluding hydrogens is 184 g/mol. The van der Waals surface area contributed by atoms with Crippen molar-refractivity contribution in [2.45, 2.75) is 20.3 Å². The van der Waals surface area contributed by atoms with Crippen LogP contribution in [0, 0.1) is 13.8 Å². The zero-order valence-electron chi connectivity index (χ0n) is 8.88. The standard InChI is InChI=1S/C13H16Si/c1-10-7-11(2)9-13(8-10)14-12-5-3-4-6-12/h3-5,7-9H,6,14H2,1-2H3. The fourth-order valence-electron chi connectivity index (χ4n) is 2.06. The van der Waals surface area contributed by atoms with Crippen molar-refractivity contribution in [1.29, 1.82) is 0 Å². The molecule has 0 saturated heterocycles. The Balaban J connectivity index is 2.16. The molecular formula is C13H16Si. The second kappa shape index (κ2) is 3.97. The van der Waals surface area contributed by atoms with Crippen molar-refractivity contribution in [3.8, 4) is 0 Å². The van der Waals surface area contributed by atoms with Crippen molar-refractivity contribution >= 4 is 14.7 Å². The van der Waals surface area contributed by atoms with Crippen LogP contribution in [-0.2, 0) is 0 Å². The molecule has 72 valence electrons. The quantitative estimate of drug-likeness (QED) is 0.640. The van der Waals surface area contributed by atoms with E-state index in [1.165, 1.54) is 17.5 Å². The highest BCUT2D eigenvalue weighted by atomic mass is 28.2. The summed E-state index contributed by atoms with van der Waals surface area (Å²) in [5.74, 6) is 0. The van der Waals surface area contributed by atoms with Crippen LogP contribution in [-0.4, -0.2) is 9.52 Å². The number of aryl methyl sites for hydroxylation is 2. The largest absolute Gasteiger partial charge is 0.0828 e. The smallest absolute Gasteiger partial charge is 0.0809 e. The summed E-state index contributed by atoms with van der Waals surface area (Å²) in [6, 6.07) is 6.94. The van der Waals surface area contributed by atoms with E-state index < -0.39 is 0 Å². The van der Waals surface area contributed by atoms with Crippen LogP contribution in [0.4, 0.5) is 0 Å². The molecule has 1 aromatic rings. The van der Waals surface area contributed by atoms with Gasteiger partial charge in [-0.2, -0.15) is 0 Å². The number of benzene rings is 1. The van der Waals surface area contributed by atoms with E-state index in [-0.39, 0.29) is 9.52 Å². The maximum Gasteiger partial charge on any atom is 0.0828 e. The minimum Gasteiger partial charge on any atom is -0.0809 e. The van der Waals surface area contributed by atoms with Crippen LogP contribution in [0.1, 0.15) is 17.5 Å². The van der Waals surface area contributed by atoms with Crippen LogP contribution in [0.3, 0.4) is 0 Å². The van der Waals surface area contributed by atoms with Crippen LogP contribution in [0.15, 0.2) is 41.6 Å². The van der Waals surface area contributed by atoms with Crippen molar-refractivity contribution in [2.24, 2.45) is 0 Å². The summed E-state index contributed by atoms with van der Waals surface area (Å²) in [6.07, 6.45) is 7.93. The molecule has 2 rings (SSSR count). The molecule has 0 radical (unpaired) electrons. The molecule has 0 saturated carbocycles.